The molecule has 0 radical (unpaired) electrons. The van der Waals surface area contributed by atoms with Gasteiger partial charge in [-0.1, -0.05) is 6.07 Å². The van der Waals surface area contributed by atoms with Crippen molar-refractivity contribution < 1.29 is 14.3 Å². The second-order valence-corrected chi connectivity index (χ2v) is 6.63. The molecule has 0 aliphatic heterocycles. The molecule has 2 heterocycles. The van der Waals surface area contributed by atoms with Crippen LogP contribution in [0.5, 0.6) is 5.75 Å². The van der Waals surface area contributed by atoms with Gasteiger partial charge in [0.1, 0.15) is 11.6 Å². The molecule has 1 saturated carbocycles. The van der Waals surface area contributed by atoms with Crippen LogP contribution in [0.25, 0.3) is 11.4 Å². The van der Waals surface area contributed by atoms with E-state index in [0.29, 0.717) is 40.5 Å². The fourth-order valence-electron chi connectivity index (χ4n) is 2.82. The smallest absolute Gasteiger partial charge is 0.337 e. The van der Waals surface area contributed by atoms with Crippen LogP contribution in [0.4, 0.5) is 17.5 Å². The van der Waals surface area contributed by atoms with Gasteiger partial charge >= 0.3 is 5.97 Å². The number of methoxy groups -OCH3 is 2. The number of nitrogens with one attached hydrogen (secondary N) is 2. The number of hydrogen-bond acceptors (Lipinski definition) is 8. The Morgan fingerprint density at radius 3 is 2.62 bits per heavy atom. The third-order valence-corrected chi connectivity index (χ3v) is 4.45. The van der Waals surface area contributed by atoms with Gasteiger partial charge in [0.05, 0.1) is 36.9 Å². The molecule has 3 aromatic rings. The van der Waals surface area contributed by atoms with Crippen molar-refractivity contribution in [3.8, 4) is 17.1 Å². The molecule has 2 aromatic heterocycles. The number of ether oxygens (including phenoxy) is 2. The van der Waals surface area contributed by atoms with Gasteiger partial charge in [0.15, 0.2) is 0 Å². The highest BCUT2D eigenvalue weighted by molar-refractivity contribution is 5.91. The maximum atomic E-state index is 11.9. The van der Waals surface area contributed by atoms with Gasteiger partial charge in [-0.05, 0) is 43.2 Å². The zero-order valence-corrected chi connectivity index (χ0v) is 16.2. The number of carbonyl (C=O) groups excluding carboxylic acids is 1. The van der Waals surface area contributed by atoms with E-state index in [-0.39, 0.29) is 0 Å². The van der Waals surface area contributed by atoms with Gasteiger partial charge in [0.2, 0.25) is 5.95 Å². The monoisotopic (exact) mass is 391 g/mol. The van der Waals surface area contributed by atoms with E-state index in [1.165, 1.54) is 7.11 Å². The van der Waals surface area contributed by atoms with Crippen molar-refractivity contribution in [2.75, 3.05) is 24.9 Å². The summed E-state index contributed by atoms with van der Waals surface area (Å²) in [4.78, 5) is 25.5. The molecule has 0 saturated heterocycles. The lowest BCUT2D eigenvalue weighted by atomic mass is 10.2. The lowest BCUT2D eigenvalue weighted by molar-refractivity contribution is 0.0600. The zero-order valence-electron chi connectivity index (χ0n) is 16.2. The van der Waals surface area contributed by atoms with Crippen LogP contribution in [0, 0.1) is 0 Å². The Kier molecular flexibility index (Phi) is 5.24. The maximum Gasteiger partial charge on any atom is 0.337 e. The minimum atomic E-state index is -0.427. The van der Waals surface area contributed by atoms with Gasteiger partial charge in [-0.3, -0.25) is 4.98 Å². The van der Waals surface area contributed by atoms with E-state index in [0.717, 1.165) is 18.5 Å². The minimum Gasteiger partial charge on any atom is -0.495 e. The van der Waals surface area contributed by atoms with Gasteiger partial charge < -0.3 is 20.1 Å². The first-order valence-corrected chi connectivity index (χ1v) is 9.26. The molecule has 0 atom stereocenters. The van der Waals surface area contributed by atoms with E-state index in [2.05, 4.69) is 25.6 Å². The van der Waals surface area contributed by atoms with E-state index in [1.54, 1.807) is 31.5 Å². The topological polar surface area (TPSA) is 98.3 Å². The first kappa shape index (κ1) is 18.7. The molecule has 1 aromatic carbocycles. The lowest BCUT2D eigenvalue weighted by Gasteiger charge is -2.14. The summed E-state index contributed by atoms with van der Waals surface area (Å²) in [5.74, 6) is 1.24. The number of aromatic nitrogens is 3. The number of rotatable bonds is 7. The van der Waals surface area contributed by atoms with Crippen molar-refractivity contribution in [2.45, 2.75) is 18.9 Å². The van der Waals surface area contributed by atoms with E-state index >= 15 is 0 Å². The molecule has 1 aliphatic rings. The Morgan fingerprint density at radius 2 is 1.93 bits per heavy atom. The molecule has 0 spiro atoms. The van der Waals surface area contributed by atoms with Gasteiger partial charge in [0, 0.05) is 18.3 Å². The van der Waals surface area contributed by atoms with Crippen molar-refractivity contribution in [1.82, 2.24) is 15.0 Å². The summed E-state index contributed by atoms with van der Waals surface area (Å²) < 4.78 is 10.2. The standard InChI is InChI=1S/C21H21N5O3/c1-28-18-9-6-13(20(27)29-2)11-17(18)24-19-12-16(15-5-3-4-10-22-15)25-21(26-19)23-14-7-8-14/h3-6,9-12,14H,7-8H2,1-2H3,(H2,23,24,25,26). The average molecular weight is 391 g/mol. The Labute approximate surface area is 168 Å². The molecular weight excluding hydrogens is 370 g/mol. The zero-order chi connectivity index (χ0) is 20.2. The predicted molar refractivity (Wildman–Crippen MR) is 110 cm³/mol. The van der Waals surface area contributed by atoms with Crippen molar-refractivity contribution in [3.05, 3.63) is 54.2 Å². The number of benzene rings is 1. The number of carbonyl (C=O) groups is 1. The Bertz CT molecular complexity index is 1020. The summed E-state index contributed by atoms with van der Waals surface area (Å²) in [5, 5.41) is 6.56. The molecule has 8 nitrogen and oxygen atoms in total. The van der Waals surface area contributed by atoms with Crippen molar-refractivity contribution in [3.63, 3.8) is 0 Å². The summed E-state index contributed by atoms with van der Waals surface area (Å²) in [5.41, 5.74) is 2.44. The van der Waals surface area contributed by atoms with Gasteiger partial charge in [-0.15, -0.1) is 0 Å². The second kappa shape index (κ2) is 8.14. The molecule has 1 fully saturated rings. The molecule has 8 heteroatoms. The Morgan fingerprint density at radius 1 is 1.07 bits per heavy atom. The first-order valence-electron chi connectivity index (χ1n) is 9.26. The SMILES string of the molecule is COC(=O)c1ccc(OC)c(Nc2cc(-c3ccccn3)nc(NC3CC3)n2)c1. The van der Waals surface area contributed by atoms with E-state index < -0.39 is 5.97 Å². The highest BCUT2D eigenvalue weighted by Gasteiger charge is 2.23. The first-order chi connectivity index (χ1) is 14.2. The van der Waals surface area contributed by atoms with Gasteiger partial charge in [-0.25, -0.2) is 9.78 Å². The average Bonchev–Trinajstić information content (AvgIpc) is 3.57. The number of anilines is 3. The third kappa shape index (κ3) is 4.43. The second-order valence-electron chi connectivity index (χ2n) is 6.63. The molecule has 0 unspecified atom stereocenters. The molecular formula is C21H21N5O3. The maximum absolute atomic E-state index is 11.9. The van der Waals surface area contributed by atoms with Crippen molar-refractivity contribution in [1.29, 1.82) is 0 Å². The van der Waals surface area contributed by atoms with Gasteiger partial charge in [0.25, 0.3) is 0 Å². The van der Waals surface area contributed by atoms with E-state index in [9.17, 15) is 4.79 Å². The fourth-order valence-corrected chi connectivity index (χ4v) is 2.82. The quantitative estimate of drug-likeness (QED) is 0.589. The van der Waals surface area contributed by atoms with Crippen LogP contribution in [0.1, 0.15) is 23.2 Å². The lowest BCUT2D eigenvalue weighted by Crippen LogP contribution is -2.08. The normalized spacial score (nSPS) is 12.9. The predicted octanol–water partition coefficient (Wildman–Crippen LogP) is 3.65. The number of pyridine rings is 1. The highest BCUT2D eigenvalue weighted by atomic mass is 16.5. The molecule has 2 N–H and O–H groups in total. The number of nitrogens with zero attached hydrogens (tertiary/aromatic N) is 3. The summed E-state index contributed by atoms with van der Waals surface area (Å²) >= 11 is 0. The molecule has 4 rings (SSSR count). The summed E-state index contributed by atoms with van der Waals surface area (Å²) in [7, 11) is 2.91. The molecule has 0 bridgehead atoms. The van der Waals surface area contributed by atoms with E-state index in [4.69, 9.17) is 9.47 Å². The molecule has 29 heavy (non-hydrogen) atoms. The van der Waals surface area contributed by atoms with Gasteiger partial charge in [-0.2, -0.15) is 4.98 Å². The van der Waals surface area contributed by atoms with Crippen LogP contribution >= 0.6 is 0 Å². The van der Waals surface area contributed by atoms with E-state index in [1.807, 2.05) is 24.3 Å². The summed E-state index contributed by atoms with van der Waals surface area (Å²) in [6.45, 7) is 0. The number of esters is 1. The minimum absolute atomic E-state index is 0.402. The van der Waals surface area contributed by atoms with Crippen LogP contribution in [-0.2, 0) is 4.74 Å². The Balaban J connectivity index is 1.71. The van der Waals surface area contributed by atoms with Crippen LogP contribution in [0.2, 0.25) is 0 Å². The van der Waals surface area contributed by atoms with Crippen molar-refractivity contribution in [2.24, 2.45) is 0 Å². The summed E-state index contributed by atoms with van der Waals surface area (Å²) in [6, 6.07) is 12.9. The van der Waals surface area contributed by atoms with Crippen LogP contribution in [0.3, 0.4) is 0 Å². The number of hydrogen-bond donors (Lipinski definition) is 2. The molecule has 0 amide bonds. The summed E-state index contributed by atoms with van der Waals surface area (Å²) in [6.07, 6.45) is 3.94. The van der Waals surface area contributed by atoms with Crippen LogP contribution in [-0.4, -0.2) is 41.2 Å². The molecule has 148 valence electrons. The van der Waals surface area contributed by atoms with Crippen LogP contribution < -0.4 is 15.4 Å². The third-order valence-electron chi connectivity index (χ3n) is 4.45. The fraction of sp³-hybridized carbons (Fsp3) is 0.238. The largest absolute Gasteiger partial charge is 0.495 e. The van der Waals surface area contributed by atoms with Crippen molar-refractivity contribution >= 4 is 23.4 Å². The molecule has 1 aliphatic carbocycles. The highest BCUT2D eigenvalue weighted by Crippen LogP contribution is 2.31. The Hall–Kier alpha value is -3.68. The van der Waals surface area contributed by atoms with Crippen LogP contribution in [0.15, 0.2) is 48.7 Å².